The summed E-state index contributed by atoms with van der Waals surface area (Å²) in [6.45, 7) is 2.08. The predicted molar refractivity (Wildman–Crippen MR) is 49.7 cm³/mol. The van der Waals surface area contributed by atoms with Crippen LogP contribution in [0.2, 0.25) is 0 Å². The summed E-state index contributed by atoms with van der Waals surface area (Å²) in [5, 5.41) is 6.56. The molecule has 0 fully saturated rings. The molecule has 0 amide bonds. The van der Waals surface area contributed by atoms with Gasteiger partial charge in [0.05, 0.1) is 24.7 Å². The first-order valence-electron chi connectivity index (χ1n) is 4.01. The van der Waals surface area contributed by atoms with Crippen molar-refractivity contribution in [2.75, 3.05) is 17.7 Å². The summed E-state index contributed by atoms with van der Waals surface area (Å²) in [6, 6.07) is 5.96. The van der Waals surface area contributed by atoms with Gasteiger partial charge in [-0.2, -0.15) is 0 Å². The first-order valence-corrected chi connectivity index (χ1v) is 4.01. The van der Waals surface area contributed by atoms with Crippen molar-refractivity contribution in [2.45, 2.75) is 13.1 Å². The van der Waals surface area contributed by atoms with Crippen molar-refractivity contribution >= 4 is 11.4 Å². The molecule has 0 radical (unpaired) electrons. The van der Waals surface area contributed by atoms with Gasteiger partial charge in [-0.05, 0) is 19.1 Å². The predicted octanol–water partition coefficient (Wildman–Crippen LogP) is 1.88. The number of methoxy groups -OCH3 is 1. The molecule has 1 aliphatic rings. The van der Waals surface area contributed by atoms with Crippen molar-refractivity contribution in [1.29, 1.82) is 0 Å². The molecule has 1 aliphatic heterocycles. The minimum atomic E-state index is 0.312. The van der Waals surface area contributed by atoms with E-state index in [1.165, 1.54) is 0 Å². The monoisotopic (exact) mass is 164 g/mol. The van der Waals surface area contributed by atoms with Crippen molar-refractivity contribution in [2.24, 2.45) is 0 Å². The Morgan fingerprint density at radius 2 is 2.00 bits per heavy atom. The molecule has 0 saturated carbocycles. The Hall–Kier alpha value is -1.38. The van der Waals surface area contributed by atoms with Gasteiger partial charge in [-0.1, -0.05) is 0 Å². The van der Waals surface area contributed by atoms with Crippen molar-refractivity contribution in [1.82, 2.24) is 0 Å². The zero-order valence-electron chi connectivity index (χ0n) is 7.22. The molecule has 2 rings (SSSR count). The molecule has 0 bridgehead atoms. The summed E-state index contributed by atoms with van der Waals surface area (Å²) in [4.78, 5) is 0. The topological polar surface area (TPSA) is 33.3 Å². The zero-order valence-corrected chi connectivity index (χ0v) is 7.22. The minimum absolute atomic E-state index is 0.312. The smallest absolute Gasteiger partial charge is 0.121 e. The van der Waals surface area contributed by atoms with E-state index in [4.69, 9.17) is 4.74 Å². The van der Waals surface area contributed by atoms with Gasteiger partial charge < -0.3 is 15.4 Å². The van der Waals surface area contributed by atoms with Crippen LogP contribution in [0, 0.1) is 0 Å². The maximum absolute atomic E-state index is 5.11. The molecule has 1 heterocycles. The van der Waals surface area contributed by atoms with Crippen LogP contribution in [0.25, 0.3) is 0 Å². The molecule has 0 aromatic heterocycles. The quantitative estimate of drug-likeness (QED) is 0.664. The van der Waals surface area contributed by atoms with E-state index in [1.54, 1.807) is 7.11 Å². The average Bonchev–Trinajstić information content (AvgIpc) is 2.43. The average molecular weight is 164 g/mol. The second-order valence-electron chi connectivity index (χ2n) is 2.92. The summed E-state index contributed by atoms with van der Waals surface area (Å²) >= 11 is 0. The molecule has 1 unspecified atom stereocenters. The van der Waals surface area contributed by atoms with Gasteiger partial charge in [0.2, 0.25) is 0 Å². The Balaban J connectivity index is 2.35. The Labute approximate surface area is 71.7 Å². The lowest BCUT2D eigenvalue weighted by molar-refractivity contribution is 0.415. The van der Waals surface area contributed by atoms with Gasteiger partial charge in [0.15, 0.2) is 0 Å². The highest BCUT2D eigenvalue weighted by atomic mass is 16.5. The largest absolute Gasteiger partial charge is 0.497 e. The van der Waals surface area contributed by atoms with Gasteiger partial charge in [-0.25, -0.2) is 0 Å². The van der Waals surface area contributed by atoms with Crippen LogP contribution in [-0.2, 0) is 0 Å². The van der Waals surface area contributed by atoms with Crippen LogP contribution in [0.15, 0.2) is 18.2 Å². The van der Waals surface area contributed by atoms with E-state index < -0.39 is 0 Å². The normalized spacial score (nSPS) is 19.3. The first kappa shape index (κ1) is 7.28. The van der Waals surface area contributed by atoms with E-state index in [-0.39, 0.29) is 0 Å². The molecule has 2 N–H and O–H groups in total. The van der Waals surface area contributed by atoms with Gasteiger partial charge in [0.1, 0.15) is 5.75 Å². The van der Waals surface area contributed by atoms with Gasteiger partial charge in [-0.3, -0.25) is 0 Å². The second-order valence-corrected chi connectivity index (χ2v) is 2.92. The summed E-state index contributed by atoms with van der Waals surface area (Å²) in [5.74, 6) is 0.886. The van der Waals surface area contributed by atoms with Crippen LogP contribution in [0.1, 0.15) is 6.92 Å². The van der Waals surface area contributed by atoms with E-state index in [1.807, 2.05) is 18.2 Å². The minimum Gasteiger partial charge on any atom is -0.497 e. The molecule has 1 atom stereocenters. The molecule has 1 aromatic rings. The van der Waals surface area contributed by atoms with Crippen molar-refractivity contribution < 1.29 is 4.74 Å². The first-order chi connectivity index (χ1) is 5.79. The SMILES string of the molecule is COc1ccc2c(c1)NC(C)N2. The van der Waals surface area contributed by atoms with Crippen molar-refractivity contribution in [3.8, 4) is 5.75 Å². The lowest BCUT2D eigenvalue weighted by atomic mass is 10.2. The lowest BCUT2D eigenvalue weighted by Crippen LogP contribution is -2.16. The number of benzene rings is 1. The molecule has 3 nitrogen and oxygen atoms in total. The van der Waals surface area contributed by atoms with E-state index in [9.17, 15) is 0 Å². The summed E-state index contributed by atoms with van der Waals surface area (Å²) < 4.78 is 5.11. The molecule has 0 saturated heterocycles. The molecule has 12 heavy (non-hydrogen) atoms. The van der Waals surface area contributed by atoms with Crippen molar-refractivity contribution in [3.05, 3.63) is 18.2 Å². The number of hydrogen-bond donors (Lipinski definition) is 2. The fraction of sp³-hybridized carbons (Fsp3) is 0.333. The molecule has 0 spiro atoms. The molecule has 64 valence electrons. The number of hydrogen-bond acceptors (Lipinski definition) is 3. The van der Waals surface area contributed by atoms with E-state index in [0.29, 0.717) is 6.17 Å². The van der Waals surface area contributed by atoms with Gasteiger partial charge in [0.25, 0.3) is 0 Å². The zero-order chi connectivity index (χ0) is 8.55. The van der Waals surface area contributed by atoms with E-state index in [0.717, 1.165) is 17.1 Å². The Morgan fingerprint density at radius 3 is 2.75 bits per heavy atom. The van der Waals surface area contributed by atoms with Gasteiger partial charge >= 0.3 is 0 Å². The van der Waals surface area contributed by atoms with Crippen LogP contribution in [0.4, 0.5) is 11.4 Å². The molecule has 3 heteroatoms. The Morgan fingerprint density at radius 1 is 1.25 bits per heavy atom. The van der Waals surface area contributed by atoms with E-state index in [2.05, 4.69) is 17.6 Å². The van der Waals surface area contributed by atoms with Crippen LogP contribution >= 0.6 is 0 Å². The number of ether oxygens (including phenoxy) is 1. The molecule has 0 aliphatic carbocycles. The van der Waals surface area contributed by atoms with Gasteiger partial charge in [-0.15, -0.1) is 0 Å². The third-order valence-electron chi connectivity index (χ3n) is 1.97. The highest BCUT2D eigenvalue weighted by Gasteiger charge is 2.14. The number of rotatable bonds is 1. The molecular formula is C9H12N2O. The summed E-state index contributed by atoms with van der Waals surface area (Å²) in [7, 11) is 1.67. The van der Waals surface area contributed by atoms with E-state index >= 15 is 0 Å². The van der Waals surface area contributed by atoms with Crippen molar-refractivity contribution in [3.63, 3.8) is 0 Å². The summed E-state index contributed by atoms with van der Waals surface area (Å²) in [5.41, 5.74) is 2.25. The molecule has 1 aromatic carbocycles. The third-order valence-corrected chi connectivity index (χ3v) is 1.97. The van der Waals surface area contributed by atoms with Crippen LogP contribution < -0.4 is 15.4 Å². The van der Waals surface area contributed by atoms with Gasteiger partial charge in [0, 0.05) is 6.07 Å². The van der Waals surface area contributed by atoms with Crippen LogP contribution in [-0.4, -0.2) is 13.3 Å². The maximum atomic E-state index is 5.11. The Kier molecular flexibility index (Phi) is 1.57. The summed E-state index contributed by atoms with van der Waals surface area (Å²) in [6.07, 6.45) is 0.312. The maximum Gasteiger partial charge on any atom is 0.121 e. The standard InChI is InChI=1S/C9H12N2O/c1-6-10-8-4-3-7(12-2)5-9(8)11-6/h3-6,10-11H,1-2H3. The number of anilines is 2. The third kappa shape index (κ3) is 1.07. The van der Waals surface area contributed by atoms with Crippen LogP contribution in [0.5, 0.6) is 5.75 Å². The highest BCUT2D eigenvalue weighted by molar-refractivity contribution is 5.75. The second kappa shape index (κ2) is 2.59. The highest BCUT2D eigenvalue weighted by Crippen LogP contribution is 2.31. The fourth-order valence-corrected chi connectivity index (χ4v) is 1.40. The number of nitrogens with one attached hydrogen (secondary N) is 2. The lowest BCUT2D eigenvalue weighted by Gasteiger charge is -2.02. The fourth-order valence-electron chi connectivity index (χ4n) is 1.40. The molecular weight excluding hydrogens is 152 g/mol. The Bertz CT molecular complexity index is 299. The van der Waals surface area contributed by atoms with Crippen LogP contribution in [0.3, 0.4) is 0 Å². The number of fused-ring (bicyclic) bond motifs is 1.